The van der Waals surface area contributed by atoms with Gasteiger partial charge in [0.15, 0.2) is 11.0 Å². The molecular weight excluding hydrogens is 458 g/mol. The first-order chi connectivity index (χ1) is 16.1. The molecule has 0 atom stereocenters. The molecule has 0 unspecified atom stereocenters. The van der Waals surface area contributed by atoms with E-state index in [9.17, 15) is 4.79 Å². The third-order valence-corrected chi connectivity index (χ3v) is 5.69. The second-order valence-corrected chi connectivity index (χ2v) is 8.34. The number of halogens is 1. The van der Waals surface area contributed by atoms with Crippen LogP contribution < -0.4 is 5.43 Å². The monoisotopic (exact) mass is 477 g/mol. The first-order valence-corrected chi connectivity index (χ1v) is 11.4. The number of aryl methyl sites for hydroxylation is 1. The smallest absolute Gasteiger partial charge is 0.250 e. The molecule has 7 nitrogen and oxygen atoms in total. The van der Waals surface area contributed by atoms with E-state index in [4.69, 9.17) is 16.0 Å². The van der Waals surface area contributed by atoms with Crippen molar-refractivity contribution in [3.8, 4) is 17.1 Å². The number of aromatic nitrogens is 3. The zero-order valence-electron chi connectivity index (χ0n) is 17.7. The van der Waals surface area contributed by atoms with Crippen LogP contribution in [0.5, 0.6) is 0 Å². The van der Waals surface area contributed by atoms with Crippen LogP contribution in [-0.4, -0.2) is 32.6 Å². The highest BCUT2D eigenvalue weighted by Crippen LogP contribution is 2.28. The van der Waals surface area contributed by atoms with E-state index in [1.165, 1.54) is 18.0 Å². The number of benzene rings is 2. The van der Waals surface area contributed by atoms with Gasteiger partial charge in [-0.2, -0.15) is 5.10 Å². The second-order valence-electron chi connectivity index (χ2n) is 6.96. The first-order valence-electron chi connectivity index (χ1n) is 10.0. The summed E-state index contributed by atoms with van der Waals surface area (Å²) >= 11 is 7.32. The van der Waals surface area contributed by atoms with Crippen molar-refractivity contribution < 1.29 is 9.21 Å². The first kappa shape index (κ1) is 22.6. The van der Waals surface area contributed by atoms with Crippen LogP contribution in [0.1, 0.15) is 11.3 Å². The maximum Gasteiger partial charge on any atom is 0.250 e. The van der Waals surface area contributed by atoms with Gasteiger partial charge in [-0.05, 0) is 67.6 Å². The molecule has 0 aliphatic rings. The lowest BCUT2D eigenvalue weighted by Gasteiger charge is -2.10. The minimum Gasteiger partial charge on any atom is -0.465 e. The quantitative estimate of drug-likeness (QED) is 0.209. The van der Waals surface area contributed by atoms with Crippen LogP contribution in [0.2, 0.25) is 5.02 Å². The molecular formula is C24H20ClN5O2S. The Balaban J connectivity index is 1.47. The molecule has 1 amide bonds. The van der Waals surface area contributed by atoms with Gasteiger partial charge in [0, 0.05) is 22.5 Å². The predicted molar refractivity (Wildman–Crippen MR) is 132 cm³/mol. The molecule has 0 saturated carbocycles. The van der Waals surface area contributed by atoms with Crippen LogP contribution in [0.15, 0.2) is 87.7 Å². The lowest BCUT2D eigenvalue weighted by atomic mass is 10.2. The van der Waals surface area contributed by atoms with E-state index in [1.807, 2.05) is 66.1 Å². The van der Waals surface area contributed by atoms with E-state index in [1.54, 1.807) is 24.5 Å². The van der Waals surface area contributed by atoms with Crippen molar-refractivity contribution in [2.75, 3.05) is 5.75 Å². The molecule has 1 N–H and O–H groups in total. The van der Waals surface area contributed by atoms with Crippen molar-refractivity contribution in [1.82, 2.24) is 20.2 Å². The number of carbonyl (C=O) groups is 1. The molecule has 33 heavy (non-hydrogen) atoms. The molecule has 0 fully saturated rings. The molecule has 0 spiro atoms. The minimum atomic E-state index is -0.255. The van der Waals surface area contributed by atoms with Crippen LogP contribution in [-0.2, 0) is 4.79 Å². The fraction of sp³-hybridized carbons (Fsp3) is 0.0833. The predicted octanol–water partition coefficient (Wildman–Crippen LogP) is 5.40. The van der Waals surface area contributed by atoms with Gasteiger partial charge in [-0.1, -0.05) is 41.1 Å². The summed E-state index contributed by atoms with van der Waals surface area (Å²) in [4.78, 5) is 12.3. The summed E-state index contributed by atoms with van der Waals surface area (Å²) < 4.78 is 7.11. The van der Waals surface area contributed by atoms with Crippen molar-refractivity contribution in [2.24, 2.45) is 5.10 Å². The normalized spacial score (nSPS) is 11.5. The van der Waals surface area contributed by atoms with E-state index in [0.717, 1.165) is 16.8 Å². The number of nitrogens with one attached hydrogen (secondary N) is 1. The number of rotatable bonds is 8. The summed E-state index contributed by atoms with van der Waals surface area (Å²) in [6, 6.07) is 19.1. The summed E-state index contributed by atoms with van der Waals surface area (Å²) in [5.41, 5.74) is 5.42. The molecule has 0 saturated heterocycles. The van der Waals surface area contributed by atoms with Crippen molar-refractivity contribution in [3.63, 3.8) is 0 Å². The maximum absolute atomic E-state index is 12.3. The van der Waals surface area contributed by atoms with Crippen LogP contribution in [0.25, 0.3) is 23.2 Å². The lowest BCUT2D eigenvalue weighted by molar-refractivity contribution is -0.118. The van der Waals surface area contributed by atoms with Gasteiger partial charge < -0.3 is 4.42 Å². The third kappa shape index (κ3) is 6.00. The Morgan fingerprint density at radius 1 is 1.15 bits per heavy atom. The number of hydrogen-bond acceptors (Lipinski definition) is 6. The number of carbonyl (C=O) groups excluding carboxylic acids is 1. The maximum atomic E-state index is 12.3. The Bertz CT molecular complexity index is 1260. The molecule has 0 aliphatic heterocycles. The average Bonchev–Trinajstić information content (AvgIpc) is 3.49. The van der Waals surface area contributed by atoms with Crippen LogP contribution in [0, 0.1) is 6.92 Å². The van der Waals surface area contributed by atoms with Crippen LogP contribution >= 0.6 is 23.4 Å². The van der Waals surface area contributed by atoms with Crippen LogP contribution in [0.3, 0.4) is 0 Å². The summed E-state index contributed by atoms with van der Waals surface area (Å²) in [7, 11) is 0. The highest BCUT2D eigenvalue weighted by atomic mass is 35.5. The van der Waals surface area contributed by atoms with Gasteiger partial charge in [-0.25, -0.2) is 5.43 Å². The molecule has 4 rings (SSSR count). The molecule has 0 aliphatic carbocycles. The largest absolute Gasteiger partial charge is 0.465 e. The Kier molecular flexibility index (Phi) is 7.39. The summed E-state index contributed by atoms with van der Waals surface area (Å²) in [6.45, 7) is 2.03. The van der Waals surface area contributed by atoms with Crippen molar-refractivity contribution in [2.45, 2.75) is 12.1 Å². The fourth-order valence-electron chi connectivity index (χ4n) is 2.91. The Morgan fingerprint density at radius 2 is 1.94 bits per heavy atom. The zero-order chi connectivity index (χ0) is 23.0. The van der Waals surface area contributed by atoms with Gasteiger partial charge in [0.25, 0.3) is 5.91 Å². The summed E-state index contributed by atoms with van der Waals surface area (Å²) in [5, 5.41) is 13.9. The number of nitrogens with zero attached hydrogens (tertiary/aromatic N) is 4. The number of amides is 1. The van der Waals surface area contributed by atoms with E-state index in [-0.39, 0.29) is 11.7 Å². The van der Waals surface area contributed by atoms with Crippen molar-refractivity contribution in [3.05, 3.63) is 89.3 Å². The number of furan rings is 1. The van der Waals surface area contributed by atoms with Crippen LogP contribution in [0.4, 0.5) is 0 Å². The standard InChI is InChI=1S/C24H20ClN5O2S/c1-17-6-12-20(13-7-17)30-23(18-8-10-19(25)11-9-18)28-29-24(30)33-16-22(31)27-26-14-2-4-21-5-3-15-32-21/h2-15H,16H2,1H3,(H,27,31)/b4-2-,26-14-. The van der Waals surface area contributed by atoms with Gasteiger partial charge in [-0.3, -0.25) is 9.36 Å². The molecule has 2 aromatic carbocycles. The number of thioether (sulfide) groups is 1. The highest BCUT2D eigenvalue weighted by molar-refractivity contribution is 7.99. The topological polar surface area (TPSA) is 85.3 Å². The minimum absolute atomic E-state index is 0.129. The van der Waals surface area contributed by atoms with Gasteiger partial charge in [-0.15, -0.1) is 10.2 Å². The number of hydrazone groups is 1. The van der Waals surface area contributed by atoms with Crippen molar-refractivity contribution >= 4 is 41.6 Å². The highest BCUT2D eigenvalue weighted by Gasteiger charge is 2.17. The van der Waals surface area contributed by atoms with Gasteiger partial charge in [0.2, 0.25) is 0 Å². The van der Waals surface area contributed by atoms with E-state index in [0.29, 0.717) is 21.8 Å². The van der Waals surface area contributed by atoms with Gasteiger partial charge in [0.05, 0.1) is 12.0 Å². The average molecular weight is 478 g/mol. The van der Waals surface area contributed by atoms with E-state index in [2.05, 4.69) is 20.7 Å². The summed E-state index contributed by atoms with van der Waals surface area (Å²) in [6.07, 6.45) is 6.49. The van der Waals surface area contributed by atoms with Gasteiger partial charge >= 0.3 is 0 Å². The molecule has 166 valence electrons. The number of allylic oxidation sites excluding steroid dienone is 1. The Morgan fingerprint density at radius 3 is 2.67 bits per heavy atom. The van der Waals surface area contributed by atoms with E-state index < -0.39 is 0 Å². The fourth-order valence-corrected chi connectivity index (χ4v) is 3.78. The van der Waals surface area contributed by atoms with E-state index >= 15 is 0 Å². The summed E-state index contributed by atoms with van der Waals surface area (Å²) in [5.74, 6) is 1.24. The molecule has 2 heterocycles. The van der Waals surface area contributed by atoms with Crippen molar-refractivity contribution in [1.29, 1.82) is 0 Å². The number of hydrogen-bond donors (Lipinski definition) is 1. The van der Waals surface area contributed by atoms with Gasteiger partial charge in [0.1, 0.15) is 5.76 Å². The second kappa shape index (κ2) is 10.8. The SMILES string of the molecule is Cc1ccc(-n2c(SCC(=O)N/N=C\C=C/c3ccco3)nnc2-c2ccc(Cl)cc2)cc1. The molecule has 0 radical (unpaired) electrons. The zero-order valence-corrected chi connectivity index (χ0v) is 19.3. The third-order valence-electron chi connectivity index (χ3n) is 4.51. The molecule has 9 heteroatoms. The Labute approximate surface area is 200 Å². The molecule has 4 aromatic rings. The molecule has 2 aromatic heterocycles. The lowest BCUT2D eigenvalue weighted by Crippen LogP contribution is -2.19. The Hall–Kier alpha value is -3.62. The molecule has 0 bridgehead atoms.